The van der Waals surface area contributed by atoms with Crippen molar-refractivity contribution in [2.45, 2.75) is 73.0 Å². The lowest BCUT2D eigenvalue weighted by Gasteiger charge is -2.27. The van der Waals surface area contributed by atoms with Gasteiger partial charge in [0.25, 0.3) is 0 Å². The fraction of sp³-hybridized carbons (Fsp3) is 0.389. The van der Waals surface area contributed by atoms with Crippen LogP contribution in [0.2, 0.25) is 0 Å². The number of carbonyl (C=O) groups excluding carboxylic acids is 4. The summed E-state index contributed by atoms with van der Waals surface area (Å²) >= 11 is 0. The van der Waals surface area contributed by atoms with Crippen molar-refractivity contribution in [3.05, 3.63) is 83.4 Å². The summed E-state index contributed by atoms with van der Waals surface area (Å²) in [4.78, 5) is 50.4. The Balaban J connectivity index is 1.50. The summed E-state index contributed by atoms with van der Waals surface area (Å²) in [6.07, 6.45) is 2.25. The van der Waals surface area contributed by atoms with Gasteiger partial charge >= 0.3 is 23.9 Å². The Kier molecular flexibility index (Phi) is 10.6. The molecule has 4 rings (SSSR count). The monoisotopic (exact) mass is 631 g/mol. The second-order valence-corrected chi connectivity index (χ2v) is 13.4. The van der Waals surface area contributed by atoms with Crippen LogP contribution in [0.3, 0.4) is 0 Å². The number of benzene rings is 3. The lowest BCUT2D eigenvalue weighted by atomic mass is 9.93. The number of hydrogen-bond acceptors (Lipinski definition) is 10. The van der Waals surface area contributed by atoms with E-state index in [1.165, 1.54) is 66.7 Å². The van der Waals surface area contributed by atoms with E-state index in [1.807, 2.05) is 0 Å². The molecule has 1 atom stereocenters. The number of rotatable bonds is 10. The molecular weight excluding hydrogens is 590 g/mol. The molecule has 244 valence electrons. The van der Waals surface area contributed by atoms with Gasteiger partial charge in [0.15, 0.2) is 0 Å². The summed E-state index contributed by atoms with van der Waals surface area (Å²) in [6, 6.07) is 16.6. The highest BCUT2D eigenvalue weighted by Gasteiger charge is 2.25. The molecule has 1 saturated carbocycles. The maximum Gasteiger partial charge on any atom is 0.343 e. The van der Waals surface area contributed by atoms with Crippen LogP contribution in [0, 0.1) is 10.8 Å². The number of ether oxygens (including phenoxy) is 4. The maximum atomic E-state index is 13.0. The van der Waals surface area contributed by atoms with E-state index in [1.54, 1.807) is 41.5 Å². The van der Waals surface area contributed by atoms with Gasteiger partial charge in [-0.05, 0) is 121 Å². The zero-order valence-electron chi connectivity index (χ0n) is 27.0. The normalized spacial score (nSPS) is 14.1. The Labute approximate surface area is 269 Å². The molecule has 0 heterocycles. The molecule has 3 aromatic rings. The van der Waals surface area contributed by atoms with Gasteiger partial charge in [-0.15, -0.1) is 0 Å². The second kappa shape index (κ2) is 14.3. The van der Waals surface area contributed by atoms with Crippen molar-refractivity contribution >= 4 is 23.9 Å². The van der Waals surface area contributed by atoms with Crippen LogP contribution in [0.15, 0.2) is 66.7 Å². The number of aliphatic hydroxyl groups is 1. The van der Waals surface area contributed by atoms with Gasteiger partial charge in [-0.25, -0.2) is 9.59 Å². The fourth-order valence-electron chi connectivity index (χ4n) is 4.08. The minimum absolute atomic E-state index is 0.0562. The van der Waals surface area contributed by atoms with E-state index in [4.69, 9.17) is 18.9 Å². The topological polar surface area (TPSA) is 137 Å². The SMILES string of the molecule is CC(C)(C)C(=O)Oc1ccc(C(=O)Oc2cc(OC(=O)c3ccc(OC(=O)C(C)(C)C)cc3)cc(C(O)CNC3CCC3)c2)cc1. The molecule has 0 aromatic heterocycles. The van der Waals surface area contributed by atoms with E-state index >= 15 is 0 Å². The van der Waals surface area contributed by atoms with Crippen LogP contribution in [0.4, 0.5) is 0 Å². The fourth-order valence-corrected chi connectivity index (χ4v) is 4.08. The van der Waals surface area contributed by atoms with Crippen molar-refractivity contribution in [1.82, 2.24) is 5.32 Å². The Morgan fingerprint density at radius 2 is 1.09 bits per heavy atom. The molecule has 2 N–H and O–H groups in total. The van der Waals surface area contributed by atoms with Gasteiger partial charge in [0.1, 0.15) is 23.0 Å². The van der Waals surface area contributed by atoms with Crippen LogP contribution in [0.1, 0.15) is 93.2 Å². The molecule has 0 bridgehead atoms. The molecule has 0 saturated heterocycles. The number of hydrogen-bond donors (Lipinski definition) is 2. The molecule has 10 nitrogen and oxygen atoms in total. The van der Waals surface area contributed by atoms with E-state index in [9.17, 15) is 24.3 Å². The molecular formula is C36H41NO9. The van der Waals surface area contributed by atoms with Crippen molar-refractivity contribution < 1.29 is 43.2 Å². The number of esters is 4. The van der Waals surface area contributed by atoms with E-state index in [0.717, 1.165) is 19.3 Å². The van der Waals surface area contributed by atoms with Crippen molar-refractivity contribution in [2.75, 3.05) is 6.54 Å². The predicted molar refractivity (Wildman–Crippen MR) is 170 cm³/mol. The molecule has 1 fully saturated rings. The summed E-state index contributed by atoms with van der Waals surface area (Å²) in [5.41, 5.74) is -0.607. The zero-order valence-corrected chi connectivity index (χ0v) is 27.0. The van der Waals surface area contributed by atoms with Crippen LogP contribution in [-0.4, -0.2) is 41.6 Å². The third kappa shape index (κ3) is 9.48. The number of aliphatic hydroxyl groups excluding tert-OH is 1. The third-order valence-corrected chi connectivity index (χ3v) is 7.24. The lowest BCUT2D eigenvalue weighted by Crippen LogP contribution is -2.37. The molecule has 1 aliphatic rings. The molecule has 10 heteroatoms. The minimum atomic E-state index is -0.967. The van der Waals surface area contributed by atoms with Crippen LogP contribution < -0.4 is 24.3 Å². The van der Waals surface area contributed by atoms with Gasteiger partial charge in [-0.3, -0.25) is 9.59 Å². The van der Waals surface area contributed by atoms with Gasteiger partial charge < -0.3 is 29.4 Å². The Bertz CT molecular complexity index is 1460. The average Bonchev–Trinajstić information content (AvgIpc) is 2.95. The first-order valence-electron chi connectivity index (χ1n) is 15.2. The Morgan fingerprint density at radius 1 is 0.674 bits per heavy atom. The number of carbonyl (C=O) groups is 4. The standard InChI is InChI=1S/C36H41NO9/c1-35(2,3)33(41)45-26-14-10-22(11-15-26)31(39)43-28-18-24(30(38)21-37-25-8-7-9-25)19-29(20-28)44-32(40)23-12-16-27(17-13-23)46-34(42)36(4,5)6/h10-20,25,30,37-38H,7-9,21H2,1-6H3. The highest BCUT2D eigenvalue weighted by atomic mass is 16.6. The minimum Gasteiger partial charge on any atom is -0.426 e. The third-order valence-electron chi connectivity index (χ3n) is 7.24. The van der Waals surface area contributed by atoms with Crippen molar-refractivity contribution in [1.29, 1.82) is 0 Å². The van der Waals surface area contributed by atoms with Crippen molar-refractivity contribution in [3.8, 4) is 23.0 Å². The summed E-state index contributed by atoms with van der Waals surface area (Å²) in [6.45, 7) is 10.7. The highest BCUT2D eigenvalue weighted by molar-refractivity contribution is 5.92. The largest absolute Gasteiger partial charge is 0.426 e. The summed E-state index contributed by atoms with van der Waals surface area (Å²) in [7, 11) is 0. The maximum absolute atomic E-state index is 13.0. The van der Waals surface area contributed by atoms with Crippen LogP contribution in [0.25, 0.3) is 0 Å². The van der Waals surface area contributed by atoms with Crippen LogP contribution in [0.5, 0.6) is 23.0 Å². The van der Waals surface area contributed by atoms with Gasteiger partial charge in [-0.2, -0.15) is 0 Å². The molecule has 3 aromatic carbocycles. The molecule has 1 unspecified atom stereocenters. The Morgan fingerprint density at radius 3 is 1.43 bits per heavy atom. The molecule has 1 aliphatic carbocycles. The molecule has 0 amide bonds. The van der Waals surface area contributed by atoms with Gasteiger partial charge in [0.2, 0.25) is 0 Å². The lowest BCUT2D eigenvalue weighted by molar-refractivity contribution is -0.143. The smallest absolute Gasteiger partial charge is 0.343 e. The van der Waals surface area contributed by atoms with Gasteiger partial charge in [0, 0.05) is 18.7 Å². The first-order valence-corrected chi connectivity index (χ1v) is 15.2. The van der Waals surface area contributed by atoms with Crippen molar-refractivity contribution in [2.24, 2.45) is 10.8 Å². The van der Waals surface area contributed by atoms with E-state index in [0.29, 0.717) is 11.6 Å². The molecule has 0 radical (unpaired) electrons. The second-order valence-electron chi connectivity index (χ2n) is 13.4. The van der Waals surface area contributed by atoms with Gasteiger partial charge in [0.05, 0.1) is 28.1 Å². The van der Waals surface area contributed by atoms with E-state index < -0.39 is 40.8 Å². The molecule has 0 spiro atoms. The van der Waals surface area contributed by atoms with E-state index in [2.05, 4.69) is 5.32 Å². The van der Waals surface area contributed by atoms with E-state index in [-0.39, 0.29) is 40.7 Å². The van der Waals surface area contributed by atoms with Crippen molar-refractivity contribution in [3.63, 3.8) is 0 Å². The zero-order chi connectivity index (χ0) is 33.6. The molecule has 46 heavy (non-hydrogen) atoms. The number of nitrogens with one attached hydrogen (secondary N) is 1. The highest BCUT2D eigenvalue weighted by Crippen LogP contribution is 2.30. The quantitative estimate of drug-likeness (QED) is 0.196. The summed E-state index contributed by atoms with van der Waals surface area (Å²) in [5, 5.41) is 14.2. The predicted octanol–water partition coefficient (Wildman–Crippen LogP) is 6.20. The van der Waals surface area contributed by atoms with Gasteiger partial charge in [-0.1, -0.05) is 6.42 Å². The summed E-state index contributed by atoms with van der Waals surface area (Å²) < 4.78 is 21.9. The molecule has 0 aliphatic heterocycles. The Hall–Kier alpha value is -4.54. The van der Waals surface area contributed by atoms with Crippen LogP contribution in [-0.2, 0) is 9.59 Å². The first kappa shape index (κ1) is 34.3. The van der Waals surface area contributed by atoms with Crippen LogP contribution >= 0.6 is 0 Å². The first-order chi connectivity index (χ1) is 21.6. The summed E-state index contributed by atoms with van der Waals surface area (Å²) in [5.74, 6) is -1.54. The average molecular weight is 632 g/mol.